The highest BCUT2D eigenvalue weighted by Crippen LogP contribution is 2.33. The monoisotopic (exact) mass is 387 g/mol. The molecule has 2 aromatic carbocycles. The summed E-state index contributed by atoms with van der Waals surface area (Å²) in [5.74, 6) is -0.973. The van der Waals surface area contributed by atoms with Gasteiger partial charge in [-0.2, -0.15) is 10.1 Å². The first-order valence-electron chi connectivity index (χ1n) is 7.27. The molecular weight excluding hydrogens is 377 g/mol. The third kappa shape index (κ3) is 3.68. The van der Waals surface area contributed by atoms with Crippen LogP contribution in [0.5, 0.6) is 0 Å². The number of para-hydroxylation sites is 1. The van der Waals surface area contributed by atoms with Gasteiger partial charge in [-0.15, -0.1) is 0 Å². The van der Waals surface area contributed by atoms with Crippen LogP contribution in [0.4, 0.5) is 10.1 Å². The average Bonchev–Trinajstić information content (AvgIpc) is 2.88. The van der Waals surface area contributed by atoms with E-state index >= 15 is 0 Å². The highest BCUT2D eigenvalue weighted by molar-refractivity contribution is 8.26. The molecular formula is C17H10FN3O3S2. The normalized spacial score (nSPS) is 16.0. The largest absolute Gasteiger partial charge is 0.286 e. The Kier molecular flexibility index (Phi) is 5.19. The molecule has 0 atom stereocenters. The summed E-state index contributed by atoms with van der Waals surface area (Å²) in [6, 6.07) is 12.0. The van der Waals surface area contributed by atoms with Crippen LogP contribution in [-0.4, -0.2) is 26.4 Å². The summed E-state index contributed by atoms with van der Waals surface area (Å²) >= 11 is 6.11. The van der Waals surface area contributed by atoms with Crippen molar-refractivity contribution in [3.05, 3.63) is 80.5 Å². The highest BCUT2D eigenvalue weighted by atomic mass is 32.2. The predicted octanol–water partition coefficient (Wildman–Crippen LogP) is 3.97. The number of thioether (sulfide) groups is 1. The molecule has 3 rings (SSSR count). The van der Waals surface area contributed by atoms with Crippen molar-refractivity contribution >= 4 is 52.2 Å². The number of rotatable bonds is 4. The van der Waals surface area contributed by atoms with E-state index in [0.29, 0.717) is 0 Å². The standard InChI is InChI=1S/C17H10FN3O3S2/c18-13-7-3-1-5-11(13)9-15-16(22)20(17(25)26-15)19-10-12-6-2-4-8-14(12)21(23)24/h1-10H/b15-9+,19-10+. The average molecular weight is 387 g/mol. The highest BCUT2D eigenvalue weighted by Gasteiger charge is 2.32. The Hall–Kier alpha value is -2.91. The predicted molar refractivity (Wildman–Crippen MR) is 102 cm³/mol. The Bertz CT molecular complexity index is 975. The van der Waals surface area contributed by atoms with E-state index in [1.54, 1.807) is 24.3 Å². The van der Waals surface area contributed by atoms with Crippen molar-refractivity contribution in [2.75, 3.05) is 0 Å². The van der Waals surface area contributed by atoms with Gasteiger partial charge in [-0.05, 0) is 30.4 Å². The van der Waals surface area contributed by atoms with Gasteiger partial charge in [0.1, 0.15) is 5.82 Å². The number of thiocarbonyl (C=S) groups is 1. The van der Waals surface area contributed by atoms with Crippen LogP contribution >= 0.6 is 24.0 Å². The SMILES string of the molecule is O=C1/C(=C\c2ccccc2F)SC(=S)N1/N=C/c1ccccc1[N+](=O)[O-]. The first kappa shape index (κ1) is 17.9. The second kappa shape index (κ2) is 7.54. The minimum absolute atomic E-state index is 0.136. The summed E-state index contributed by atoms with van der Waals surface area (Å²) in [6.45, 7) is 0. The Labute approximate surface area is 157 Å². The lowest BCUT2D eigenvalue weighted by molar-refractivity contribution is -0.385. The van der Waals surface area contributed by atoms with Crippen LogP contribution in [0.3, 0.4) is 0 Å². The number of hydrogen-bond acceptors (Lipinski definition) is 6. The van der Waals surface area contributed by atoms with E-state index in [9.17, 15) is 19.3 Å². The van der Waals surface area contributed by atoms with Crippen LogP contribution in [0.2, 0.25) is 0 Å². The zero-order chi connectivity index (χ0) is 18.7. The molecule has 130 valence electrons. The number of benzene rings is 2. The molecule has 26 heavy (non-hydrogen) atoms. The minimum Gasteiger partial charge on any atom is -0.266 e. The van der Waals surface area contributed by atoms with E-state index < -0.39 is 16.6 Å². The Balaban J connectivity index is 1.87. The molecule has 1 fully saturated rings. The molecule has 0 aromatic heterocycles. The lowest BCUT2D eigenvalue weighted by Crippen LogP contribution is -2.22. The fourth-order valence-electron chi connectivity index (χ4n) is 2.18. The molecule has 1 heterocycles. The van der Waals surface area contributed by atoms with E-state index in [2.05, 4.69) is 5.10 Å². The summed E-state index contributed by atoms with van der Waals surface area (Å²) in [6.07, 6.45) is 2.60. The van der Waals surface area contributed by atoms with E-state index in [4.69, 9.17) is 12.2 Å². The summed E-state index contributed by atoms with van der Waals surface area (Å²) in [5.41, 5.74) is 0.365. The Morgan fingerprint density at radius 2 is 1.81 bits per heavy atom. The fraction of sp³-hybridized carbons (Fsp3) is 0. The van der Waals surface area contributed by atoms with Gasteiger partial charge < -0.3 is 0 Å². The van der Waals surface area contributed by atoms with Crippen molar-refractivity contribution in [1.82, 2.24) is 5.01 Å². The van der Waals surface area contributed by atoms with Crippen LogP contribution in [0.25, 0.3) is 6.08 Å². The summed E-state index contributed by atoms with van der Waals surface area (Å²) < 4.78 is 13.9. The van der Waals surface area contributed by atoms with Gasteiger partial charge in [-0.3, -0.25) is 14.9 Å². The first-order chi connectivity index (χ1) is 12.5. The number of nitrogens with zero attached hydrogens (tertiary/aromatic N) is 3. The molecule has 9 heteroatoms. The Morgan fingerprint density at radius 3 is 2.50 bits per heavy atom. The van der Waals surface area contributed by atoms with Gasteiger partial charge >= 0.3 is 0 Å². The molecule has 1 amide bonds. The van der Waals surface area contributed by atoms with Crippen LogP contribution in [-0.2, 0) is 4.79 Å². The van der Waals surface area contributed by atoms with Gasteiger partial charge in [-0.1, -0.05) is 42.1 Å². The number of carbonyl (C=O) groups is 1. The summed E-state index contributed by atoms with van der Waals surface area (Å²) in [4.78, 5) is 23.2. The lowest BCUT2D eigenvalue weighted by atomic mass is 10.2. The first-order valence-corrected chi connectivity index (χ1v) is 8.50. The van der Waals surface area contributed by atoms with Gasteiger partial charge in [0.05, 0.1) is 21.6 Å². The van der Waals surface area contributed by atoms with Gasteiger partial charge in [-0.25, -0.2) is 4.39 Å². The molecule has 0 radical (unpaired) electrons. The number of halogens is 1. The van der Waals surface area contributed by atoms with Crippen molar-refractivity contribution in [1.29, 1.82) is 0 Å². The minimum atomic E-state index is -0.538. The molecule has 0 spiro atoms. The van der Waals surface area contributed by atoms with Crippen molar-refractivity contribution in [2.45, 2.75) is 0 Å². The fourth-order valence-corrected chi connectivity index (χ4v) is 3.34. The van der Waals surface area contributed by atoms with Gasteiger partial charge in [0.15, 0.2) is 4.32 Å². The number of hydrazone groups is 1. The zero-order valence-corrected chi connectivity index (χ0v) is 14.7. The van der Waals surface area contributed by atoms with Crippen LogP contribution in [0, 0.1) is 15.9 Å². The second-order valence-corrected chi connectivity index (χ2v) is 6.75. The smallest absolute Gasteiger partial charge is 0.266 e. The Morgan fingerprint density at radius 1 is 1.15 bits per heavy atom. The van der Waals surface area contributed by atoms with E-state index in [-0.39, 0.29) is 26.0 Å². The van der Waals surface area contributed by atoms with Gasteiger partial charge in [0.25, 0.3) is 11.6 Å². The van der Waals surface area contributed by atoms with Crippen LogP contribution < -0.4 is 0 Å². The van der Waals surface area contributed by atoms with Gasteiger partial charge in [0.2, 0.25) is 0 Å². The molecule has 0 aliphatic carbocycles. The molecule has 0 N–H and O–H groups in total. The summed E-state index contributed by atoms with van der Waals surface area (Å²) in [5, 5.41) is 16.0. The molecule has 6 nitrogen and oxygen atoms in total. The van der Waals surface area contributed by atoms with Crippen molar-refractivity contribution < 1.29 is 14.1 Å². The van der Waals surface area contributed by atoms with Crippen molar-refractivity contribution in [3.8, 4) is 0 Å². The van der Waals surface area contributed by atoms with Crippen molar-refractivity contribution in [2.24, 2.45) is 5.10 Å². The zero-order valence-electron chi connectivity index (χ0n) is 13.0. The maximum Gasteiger partial charge on any atom is 0.286 e. The quantitative estimate of drug-likeness (QED) is 0.261. The molecule has 2 aromatic rings. The van der Waals surface area contributed by atoms with E-state index in [0.717, 1.165) is 16.8 Å². The molecule has 1 aliphatic heterocycles. The third-order valence-corrected chi connectivity index (χ3v) is 4.69. The number of amides is 1. The van der Waals surface area contributed by atoms with Crippen LogP contribution in [0.1, 0.15) is 11.1 Å². The maximum atomic E-state index is 13.7. The number of nitro groups is 1. The third-order valence-electron chi connectivity index (χ3n) is 3.41. The topological polar surface area (TPSA) is 75.8 Å². The van der Waals surface area contributed by atoms with Gasteiger partial charge in [0, 0.05) is 11.6 Å². The molecule has 0 unspecified atom stereocenters. The number of carbonyl (C=O) groups excluding carboxylic acids is 1. The molecule has 0 bridgehead atoms. The lowest BCUT2D eigenvalue weighted by Gasteiger charge is -2.06. The maximum absolute atomic E-state index is 13.7. The van der Waals surface area contributed by atoms with Crippen molar-refractivity contribution in [3.63, 3.8) is 0 Å². The second-order valence-electron chi connectivity index (χ2n) is 5.08. The molecule has 1 saturated heterocycles. The molecule has 1 aliphatic rings. The number of hydrogen-bond donors (Lipinski definition) is 0. The van der Waals surface area contributed by atoms with E-state index in [1.165, 1.54) is 36.6 Å². The van der Waals surface area contributed by atoms with E-state index in [1.807, 2.05) is 0 Å². The number of nitro benzene ring substituents is 1. The molecule has 0 saturated carbocycles. The van der Waals surface area contributed by atoms with Crippen LogP contribution in [0.15, 0.2) is 58.5 Å². The summed E-state index contributed by atoms with van der Waals surface area (Å²) in [7, 11) is 0.